The smallest absolute Gasteiger partial charge is 0.245 e. The fourth-order valence-corrected chi connectivity index (χ4v) is 3.10. The van der Waals surface area contributed by atoms with Gasteiger partial charge in [0.05, 0.1) is 18.8 Å². The molecule has 0 unspecified atom stereocenters. The summed E-state index contributed by atoms with van der Waals surface area (Å²) in [4.78, 5) is 28.4. The Bertz CT molecular complexity index is 710. The Morgan fingerprint density at radius 1 is 1.21 bits per heavy atom. The maximum absolute atomic E-state index is 11.8. The van der Waals surface area contributed by atoms with Gasteiger partial charge in [0.2, 0.25) is 11.8 Å². The largest absolute Gasteiger partial charge is 0.346 e. The molecule has 0 atom stereocenters. The van der Waals surface area contributed by atoms with Crippen LogP contribution in [-0.4, -0.2) is 29.9 Å². The summed E-state index contributed by atoms with van der Waals surface area (Å²) < 4.78 is 0. The van der Waals surface area contributed by atoms with Crippen molar-refractivity contribution < 1.29 is 9.59 Å². The molecule has 0 bridgehead atoms. The number of amides is 2. The molecule has 0 radical (unpaired) electrons. The first kappa shape index (κ1) is 18.1. The molecule has 2 amide bonds. The molecule has 128 valence electrons. The number of carbonyl (C=O) groups is 2. The molecule has 0 saturated heterocycles. The Balaban J connectivity index is 2.04. The molecule has 2 aromatic rings. The number of nitrogens with two attached hydrogens (primary N) is 1. The lowest BCUT2D eigenvalue weighted by Gasteiger charge is -2.03. The molecule has 0 aliphatic carbocycles. The standard InChI is InChI=1S/C17H22N4O2S/c1-3-4-12-5-7-13(8-6-12)16-11(2)24-17(21-16)20-15(23)10-19-14(22)9-18/h5-8H,3-4,9-10,18H2,1-2H3,(H,19,22)(H,20,21,23). The van der Waals surface area contributed by atoms with Gasteiger partial charge in [-0.2, -0.15) is 0 Å². The fourth-order valence-electron chi connectivity index (χ4n) is 2.25. The molecule has 1 aromatic heterocycles. The lowest BCUT2D eigenvalue weighted by Crippen LogP contribution is -2.36. The zero-order chi connectivity index (χ0) is 17.5. The van der Waals surface area contributed by atoms with Crippen LogP contribution in [0.3, 0.4) is 0 Å². The minimum atomic E-state index is -0.367. The van der Waals surface area contributed by atoms with E-state index in [0.717, 1.165) is 29.0 Å². The molecule has 24 heavy (non-hydrogen) atoms. The van der Waals surface area contributed by atoms with Gasteiger partial charge in [0.25, 0.3) is 0 Å². The third-order valence-electron chi connectivity index (χ3n) is 3.44. The van der Waals surface area contributed by atoms with E-state index in [0.29, 0.717) is 5.13 Å². The van der Waals surface area contributed by atoms with Gasteiger partial charge < -0.3 is 16.4 Å². The summed E-state index contributed by atoms with van der Waals surface area (Å²) in [6.45, 7) is 3.87. The second kappa shape index (κ2) is 8.56. The third-order valence-corrected chi connectivity index (χ3v) is 4.33. The Hall–Kier alpha value is -2.25. The molecule has 0 aliphatic rings. The first-order valence-electron chi connectivity index (χ1n) is 7.86. The number of nitrogens with zero attached hydrogens (tertiary/aromatic N) is 1. The van der Waals surface area contributed by atoms with Crippen molar-refractivity contribution in [3.8, 4) is 11.3 Å². The molecular formula is C17H22N4O2S. The second-order valence-corrected chi connectivity index (χ2v) is 6.60. The molecule has 0 spiro atoms. The first-order valence-corrected chi connectivity index (χ1v) is 8.68. The quantitative estimate of drug-likeness (QED) is 0.715. The number of thiazole rings is 1. The third kappa shape index (κ3) is 4.87. The average Bonchev–Trinajstić information content (AvgIpc) is 2.94. The molecule has 0 fully saturated rings. The number of benzene rings is 1. The van der Waals surface area contributed by atoms with Crippen molar-refractivity contribution in [3.05, 3.63) is 34.7 Å². The predicted octanol–water partition coefficient (Wildman–Crippen LogP) is 2.08. The monoisotopic (exact) mass is 346 g/mol. The van der Waals surface area contributed by atoms with Crippen LogP contribution in [0.4, 0.5) is 5.13 Å². The Kier molecular flexibility index (Phi) is 6.45. The number of nitrogens with one attached hydrogen (secondary N) is 2. The van der Waals surface area contributed by atoms with E-state index >= 15 is 0 Å². The summed E-state index contributed by atoms with van der Waals surface area (Å²) in [7, 11) is 0. The SMILES string of the molecule is CCCc1ccc(-c2nc(NC(=O)CNC(=O)CN)sc2C)cc1. The molecule has 1 heterocycles. The predicted molar refractivity (Wildman–Crippen MR) is 97.0 cm³/mol. The number of rotatable bonds is 7. The van der Waals surface area contributed by atoms with Crippen LogP contribution in [0.1, 0.15) is 23.8 Å². The van der Waals surface area contributed by atoms with E-state index in [9.17, 15) is 9.59 Å². The van der Waals surface area contributed by atoms with Gasteiger partial charge in [-0.15, -0.1) is 11.3 Å². The molecule has 0 saturated carbocycles. The fraction of sp³-hybridized carbons (Fsp3) is 0.353. The summed E-state index contributed by atoms with van der Waals surface area (Å²) in [5.74, 6) is -0.691. The number of carbonyl (C=O) groups excluding carboxylic acids is 2. The van der Waals surface area contributed by atoms with Crippen molar-refractivity contribution in [2.45, 2.75) is 26.7 Å². The lowest BCUT2D eigenvalue weighted by atomic mass is 10.1. The van der Waals surface area contributed by atoms with Gasteiger partial charge in [0.15, 0.2) is 5.13 Å². The lowest BCUT2D eigenvalue weighted by molar-refractivity contribution is -0.123. The van der Waals surface area contributed by atoms with E-state index in [1.807, 2.05) is 6.92 Å². The first-order chi connectivity index (χ1) is 11.5. The minimum Gasteiger partial charge on any atom is -0.346 e. The second-order valence-electron chi connectivity index (χ2n) is 5.40. The number of anilines is 1. The molecule has 6 nitrogen and oxygen atoms in total. The number of hydrogen-bond donors (Lipinski definition) is 3. The average molecular weight is 346 g/mol. The highest BCUT2D eigenvalue weighted by molar-refractivity contribution is 7.16. The van der Waals surface area contributed by atoms with Crippen LogP contribution in [0, 0.1) is 6.92 Å². The minimum absolute atomic E-state index is 0.115. The molecule has 1 aromatic carbocycles. The highest BCUT2D eigenvalue weighted by Crippen LogP contribution is 2.30. The van der Waals surface area contributed by atoms with Gasteiger partial charge in [0, 0.05) is 10.4 Å². The zero-order valence-electron chi connectivity index (χ0n) is 13.9. The van der Waals surface area contributed by atoms with E-state index in [-0.39, 0.29) is 24.9 Å². The van der Waals surface area contributed by atoms with Gasteiger partial charge in [-0.1, -0.05) is 37.6 Å². The van der Waals surface area contributed by atoms with E-state index < -0.39 is 0 Å². The van der Waals surface area contributed by atoms with Crippen molar-refractivity contribution in [3.63, 3.8) is 0 Å². The maximum Gasteiger partial charge on any atom is 0.245 e. The van der Waals surface area contributed by atoms with Crippen LogP contribution in [-0.2, 0) is 16.0 Å². The van der Waals surface area contributed by atoms with Gasteiger partial charge in [0.1, 0.15) is 0 Å². The molecule has 7 heteroatoms. The van der Waals surface area contributed by atoms with Gasteiger partial charge >= 0.3 is 0 Å². The summed E-state index contributed by atoms with van der Waals surface area (Å²) in [5.41, 5.74) is 8.37. The highest BCUT2D eigenvalue weighted by Gasteiger charge is 2.12. The number of aryl methyl sites for hydroxylation is 2. The molecule has 2 rings (SSSR count). The van der Waals surface area contributed by atoms with Gasteiger partial charge in [-0.25, -0.2) is 4.98 Å². The zero-order valence-corrected chi connectivity index (χ0v) is 14.7. The van der Waals surface area contributed by atoms with Crippen molar-refractivity contribution in [1.82, 2.24) is 10.3 Å². The van der Waals surface area contributed by atoms with Crippen LogP contribution >= 0.6 is 11.3 Å². The Labute approximate surface area is 145 Å². The number of aromatic nitrogens is 1. The van der Waals surface area contributed by atoms with Crippen LogP contribution < -0.4 is 16.4 Å². The Morgan fingerprint density at radius 2 is 1.92 bits per heavy atom. The van der Waals surface area contributed by atoms with Crippen molar-refractivity contribution in [2.24, 2.45) is 5.73 Å². The van der Waals surface area contributed by atoms with E-state index in [4.69, 9.17) is 5.73 Å². The summed E-state index contributed by atoms with van der Waals surface area (Å²) in [6.07, 6.45) is 2.18. The summed E-state index contributed by atoms with van der Waals surface area (Å²) >= 11 is 1.41. The van der Waals surface area contributed by atoms with E-state index in [2.05, 4.69) is 46.8 Å². The van der Waals surface area contributed by atoms with Crippen molar-refractivity contribution in [1.29, 1.82) is 0 Å². The Morgan fingerprint density at radius 3 is 2.54 bits per heavy atom. The van der Waals surface area contributed by atoms with Crippen molar-refractivity contribution >= 4 is 28.3 Å². The normalized spacial score (nSPS) is 10.5. The topological polar surface area (TPSA) is 97.1 Å². The van der Waals surface area contributed by atoms with E-state index in [1.54, 1.807) is 0 Å². The molecule has 0 aliphatic heterocycles. The maximum atomic E-state index is 11.8. The van der Waals surface area contributed by atoms with Gasteiger partial charge in [-0.3, -0.25) is 9.59 Å². The van der Waals surface area contributed by atoms with Crippen LogP contribution in [0.25, 0.3) is 11.3 Å². The highest BCUT2D eigenvalue weighted by atomic mass is 32.1. The van der Waals surface area contributed by atoms with Gasteiger partial charge in [-0.05, 0) is 18.9 Å². The molecular weight excluding hydrogens is 324 g/mol. The van der Waals surface area contributed by atoms with Crippen molar-refractivity contribution in [2.75, 3.05) is 18.4 Å². The van der Waals surface area contributed by atoms with Crippen LogP contribution in [0.15, 0.2) is 24.3 Å². The van der Waals surface area contributed by atoms with Crippen LogP contribution in [0.5, 0.6) is 0 Å². The summed E-state index contributed by atoms with van der Waals surface area (Å²) in [6, 6.07) is 8.33. The number of hydrogen-bond acceptors (Lipinski definition) is 5. The summed E-state index contributed by atoms with van der Waals surface area (Å²) in [5, 5.41) is 5.64. The van der Waals surface area contributed by atoms with Crippen LogP contribution in [0.2, 0.25) is 0 Å². The van der Waals surface area contributed by atoms with E-state index in [1.165, 1.54) is 16.9 Å². The molecule has 4 N–H and O–H groups in total.